The third-order valence-corrected chi connectivity index (χ3v) is 1.45. The minimum Gasteiger partial charge on any atom is -0.371 e. The van der Waals surface area contributed by atoms with Gasteiger partial charge in [-0.1, -0.05) is 29.7 Å². The van der Waals surface area contributed by atoms with Gasteiger partial charge in [-0.2, -0.15) is 0 Å². The molecule has 0 radical (unpaired) electrons. The van der Waals surface area contributed by atoms with Gasteiger partial charge >= 0.3 is 0 Å². The molecule has 0 unspecified atom stereocenters. The van der Waals surface area contributed by atoms with Gasteiger partial charge in [0, 0.05) is 0 Å². The van der Waals surface area contributed by atoms with E-state index < -0.39 is 0 Å². The van der Waals surface area contributed by atoms with Crippen molar-refractivity contribution in [2.75, 3.05) is 0 Å². The molecule has 1 heteroatoms. The largest absolute Gasteiger partial charge is 0.371 e. The van der Waals surface area contributed by atoms with Crippen LogP contribution in [0.2, 0.25) is 0 Å². The van der Waals surface area contributed by atoms with Gasteiger partial charge in [0.2, 0.25) is 0 Å². The SMILES string of the molecule is [2H]c1c([2H])c(C)c([2H])c(COC(C)(C)C)c1[2H]. The van der Waals surface area contributed by atoms with E-state index in [1.807, 2.05) is 20.8 Å². The maximum absolute atomic E-state index is 7.88. The zero-order valence-corrected chi connectivity index (χ0v) is 8.62. The highest BCUT2D eigenvalue weighted by molar-refractivity contribution is 5.21. The third-order valence-electron chi connectivity index (χ3n) is 1.45. The van der Waals surface area contributed by atoms with Crippen LogP contribution in [0.5, 0.6) is 0 Å². The summed E-state index contributed by atoms with van der Waals surface area (Å²) in [4.78, 5) is 0. The Balaban J connectivity index is 3.16. The minimum atomic E-state index is -0.353. The van der Waals surface area contributed by atoms with E-state index in [9.17, 15) is 0 Å². The molecule has 0 aliphatic carbocycles. The summed E-state index contributed by atoms with van der Waals surface area (Å²) >= 11 is 0. The molecule has 1 aromatic rings. The van der Waals surface area contributed by atoms with Crippen molar-refractivity contribution < 1.29 is 10.2 Å². The summed E-state index contributed by atoms with van der Waals surface area (Å²) in [5.41, 5.74) is 0.464. The Hall–Kier alpha value is -0.820. The molecule has 0 aliphatic rings. The molecule has 0 N–H and O–H groups in total. The Bertz CT molecular complexity index is 406. The molecule has 13 heavy (non-hydrogen) atoms. The van der Waals surface area contributed by atoms with Gasteiger partial charge < -0.3 is 4.74 Å². The van der Waals surface area contributed by atoms with Crippen LogP contribution < -0.4 is 0 Å². The van der Waals surface area contributed by atoms with Crippen LogP contribution in [-0.4, -0.2) is 5.60 Å². The van der Waals surface area contributed by atoms with E-state index in [0.717, 1.165) is 0 Å². The van der Waals surface area contributed by atoms with E-state index in [2.05, 4.69) is 0 Å². The van der Waals surface area contributed by atoms with Crippen LogP contribution in [0.4, 0.5) is 0 Å². The Kier molecular flexibility index (Phi) is 1.76. The summed E-state index contributed by atoms with van der Waals surface area (Å²) in [5.74, 6) is 0. The van der Waals surface area contributed by atoms with E-state index in [4.69, 9.17) is 10.2 Å². The molecule has 72 valence electrons. The van der Waals surface area contributed by atoms with E-state index in [0.29, 0.717) is 11.1 Å². The van der Waals surface area contributed by atoms with Crippen molar-refractivity contribution in [1.29, 1.82) is 0 Å². The fourth-order valence-corrected chi connectivity index (χ4v) is 0.850. The first-order valence-electron chi connectivity index (χ1n) is 6.35. The topological polar surface area (TPSA) is 9.23 Å². The molecule has 0 bridgehead atoms. The molecule has 0 spiro atoms. The standard InChI is InChI=1S/C12H18O/c1-10-6-5-7-11(8-10)9-13-12(2,3)4/h5-8H,9H2,1-4H3/i5D,6D,7D,8D. The third kappa shape index (κ3) is 4.09. The molecular weight excluding hydrogens is 160 g/mol. The van der Waals surface area contributed by atoms with Gasteiger partial charge in [0.1, 0.15) is 0 Å². The predicted octanol–water partition coefficient (Wildman–Crippen LogP) is 3.31. The number of hydrogen-bond acceptors (Lipinski definition) is 1. The second-order valence-corrected chi connectivity index (χ2v) is 4.00. The van der Waals surface area contributed by atoms with Crippen LogP contribution in [0.25, 0.3) is 0 Å². The molecule has 1 aromatic carbocycles. The zero-order chi connectivity index (χ0) is 13.4. The molecule has 0 saturated carbocycles. The molecule has 0 fully saturated rings. The van der Waals surface area contributed by atoms with Gasteiger partial charge in [-0.15, -0.1) is 0 Å². The van der Waals surface area contributed by atoms with E-state index in [1.165, 1.54) is 0 Å². The highest BCUT2D eigenvalue weighted by Crippen LogP contribution is 2.12. The van der Waals surface area contributed by atoms with E-state index in [1.54, 1.807) is 6.92 Å². The first-order chi connectivity index (χ1) is 7.65. The average molecular weight is 182 g/mol. The van der Waals surface area contributed by atoms with Crippen molar-refractivity contribution >= 4 is 0 Å². The maximum atomic E-state index is 7.88. The van der Waals surface area contributed by atoms with Crippen LogP contribution >= 0.6 is 0 Å². The van der Waals surface area contributed by atoms with Crippen molar-refractivity contribution in [2.45, 2.75) is 39.9 Å². The van der Waals surface area contributed by atoms with Gasteiger partial charge in [0.25, 0.3) is 0 Å². The van der Waals surface area contributed by atoms with Crippen molar-refractivity contribution in [3.8, 4) is 0 Å². The molecule has 0 atom stereocenters. The highest BCUT2D eigenvalue weighted by Gasteiger charge is 2.09. The quantitative estimate of drug-likeness (QED) is 0.682. The van der Waals surface area contributed by atoms with Gasteiger partial charge in [-0.05, 0) is 33.3 Å². The van der Waals surface area contributed by atoms with Crippen molar-refractivity contribution in [3.05, 3.63) is 35.3 Å². The van der Waals surface area contributed by atoms with Crippen LogP contribution in [0.1, 0.15) is 37.4 Å². The monoisotopic (exact) mass is 182 g/mol. The summed E-state index contributed by atoms with van der Waals surface area (Å²) in [5, 5.41) is 0. The lowest BCUT2D eigenvalue weighted by Gasteiger charge is -2.19. The lowest BCUT2D eigenvalue weighted by Crippen LogP contribution is -2.18. The molecule has 0 aromatic heterocycles. The summed E-state index contributed by atoms with van der Waals surface area (Å²) in [6, 6.07) is -0.111. The molecule has 1 nitrogen and oxygen atoms in total. The summed E-state index contributed by atoms with van der Waals surface area (Å²) < 4.78 is 36.4. The lowest BCUT2D eigenvalue weighted by atomic mass is 10.1. The Morgan fingerprint density at radius 2 is 2.08 bits per heavy atom. The average Bonchev–Trinajstić information content (AvgIpc) is 2.22. The van der Waals surface area contributed by atoms with Gasteiger partial charge in [-0.3, -0.25) is 0 Å². The fourth-order valence-electron chi connectivity index (χ4n) is 0.850. The van der Waals surface area contributed by atoms with Crippen molar-refractivity contribution in [2.24, 2.45) is 0 Å². The number of hydrogen-bond donors (Lipinski definition) is 0. The van der Waals surface area contributed by atoms with Crippen LogP contribution in [-0.2, 0) is 11.3 Å². The molecule has 0 saturated heterocycles. The van der Waals surface area contributed by atoms with Crippen LogP contribution in [0, 0.1) is 6.92 Å². The zero-order valence-electron chi connectivity index (χ0n) is 12.6. The molecule has 0 heterocycles. The van der Waals surface area contributed by atoms with E-state index >= 15 is 0 Å². The normalized spacial score (nSPS) is 16.0. The first-order valence-corrected chi connectivity index (χ1v) is 4.35. The Labute approximate surface area is 86.4 Å². The Morgan fingerprint density at radius 1 is 1.38 bits per heavy atom. The molecule has 1 rings (SSSR count). The first kappa shape index (κ1) is 5.82. The van der Waals surface area contributed by atoms with Crippen molar-refractivity contribution in [3.63, 3.8) is 0 Å². The fraction of sp³-hybridized carbons (Fsp3) is 0.500. The van der Waals surface area contributed by atoms with E-state index in [-0.39, 0.29) is 36.4 Å². The molecular formula is C12H18O. The maximum Gasteiger partial charge on any atom is 0.0724 e. The molecule has 0 amide bonds. The van der Waals surface area contributed by atoms with Crippen LogP contribution in [0.3, 0.4) is 0 Å². The van der Waals surface area contributed by atoms with Gasteiger partial charge in [0.15, 0.2) is 0 Å². The second kappa shape index (κ2) is 3.93. The number of ether oxygens (including phenoxy) is 1. The summed E-state index contributed by atoms with van der Waals surface area (Å²) in [6.45, 7) is 7.45. The predicted molar refractivity (Wildman–Crippen MR) is 55.7 cm³/mol. The second-order valence-electron chi connectivity index (χ2n) is 4.00. The summed E-state index contributed by atoms with van der Waals surface area (Å²) in [7, 11) is 0. The highest BCUT2D eigenvalue weighted by atomic mass is 16.5. The Morgan fingerprint density at radius 3 is 2.69 bits per heavy atom. The van der Waals surface area contributed by atoms with Crippen molar-refractivity contribution in [1.82, 2.24) is 0 Å². The smallest absolute Gasteiger partial charge is 0.0724 e. The van der Waals surface area contributed by atoms with Gasteiger partial charge in [0.05, 0.1) is 17.7 Å². The van der Waals surface area contributed by atoms with Gasteiger partial charge in [-0.25, -0.2) is 0 Å². The number of rotatable bonds is 2. The number of benzene rings is 1. The lowest BCUT2D eigenvalue weighted by molar-refractivity contribution is -0.0149. The van der Waals surface area contributed by atoms with Crippen LogP contribution in [0.15, 0.2) is 24.2 Å². The summed E-state index contributed by atoms with van der Waals surface area (Å²) in [6.07, 6.45) is 0. The minimum absolute atomic E-state index is 0.0421. The molecule has 0 aliphatic heterocycles.